The standard InChI is InChI=1S/C6H13IN2S/c7-10-9-4-1-2-6(8)3-5-9/h6H,1-5,8H2/t6-/m1/s1. The van der Waals surface area contributed by atoms with Crippen molar-refractivity contribution in [1.82, 2.24) is 4.31 Å². The average Bonchev–Trinajstić information content (AvgIpc) is 2.14. The third-order valence-corrected chi connectivity index (χ3v) is 4.06. The molecule has 4 heteroatoms. The smallest absolute Gasteiger partial charge is 0.0146 e. The van der Waals surface area contributed by atoms with Crippen molar-refractivity contribution in [2.75, 3.05) is 13.1 Å². The van der Waals surface area contributed by atoms with Gasteiger partial charge in [-0.15, -0.1) is 0 Å². The molecule has 1 atom stereocenters. The highest BCUT2D eigenvalue weighted by Gasteiger charge is 2.12. The van der Waals surface area contributed by atoms with E-state index >= 15 is 0 Å². The molecule has 1 fully saturated rings. The first-order valence-electron chi connectivity index (χ1n) is 3.62. The predicted octanol–water partition coefficient (Wildman–Crippen LogP) is 1.80. The van der Waals surface area contributed by atoms with E-state index in [9.17, 15) is 0 Å². The molecule has 1 rings (SSSR count). The molecule has 0 aromatic carbocycles. The summed E-state index contributed by atoms with van der Waals surface area (Å²) in [5, 5.41) is 0. The molecule has 0 saturated carbocycles. The summed E-state index contributed by atoms with van der Waals surface area (Å²) in [5.74, 6) is 0. The monoisotopic (exact) mass is 272 g/mol. The van der Waals surface area contributed by atoms with E-state index < -0.39 is 0 Å². The molecular weight excluding hydrogens is 259 g/mol. The first-order chi connectivity index (χ1) is 4.83. The minimum Gasteiger partial charge on any atom is -0.328 e. The molecule has 0 aromatic rings. The minimum absolute atomic E-state index is 0.452. The molecule has 1 saturated heterocycles. The van der Waals surface area contributed by atoms with E-state index in [-0.39, 0.29) is 0 Å². The van der Waals surface area contributed by atoms with Crippen LogP contribution in [0.4, 0.5) is 0 Å². The Kier molecular flexibility index (Phi) is 4.36. The third kappa shape index (κ3) is 2.94. The van der Waals surface area contributed by atoms with Gasteiger partial charge in [0.25, 0.3) is 0 Å². The number of hydrogen-bond donors (Lipinski definition) is 1. The number of nitrogens with two attached hydrogens (primary N) is 1. The fourth-order valence-electron chi connectivity index (χ4n) is 1.16. The molecule has 10 heavy (non-hydrogen) atoms. The molecule has 1 heterocycles. The van der Waals surface area contributed by atoms with Crippen LogP contribution in [0.1, 0.15) is 19.3 Å². The molecule has 0 aliphatic carbocycles. The van der Waals surface area contributed by atoms with Crippen LogP contribution in [0.5, 0.6) is 0 Å². The van der Waals surface area contributed by atoms with Crippen LogP contribution < -0.4 is 5.73 Å². The summed E-state index contributed by atoms with van der Waals surface area (Å²) >= 11 is 2.33. The van der Waals surface area contributed by atoms with Gasteiger partial charge in [0.05, 0.1) is 0 Å². The first kappa shape index (κ1) is 9.09. The van der Waals surface area contributed by atoms with Crippen molar-refractivity contribution in [2.45, 2.75) is 25.3 Å². The molecule has 0 unspecified atom stereocenters. The second-order valence-electron chi connectivity index (χ2n) is 2.69. The van der Waals surface area contributed by atoms with Crippen LogP contribution in [0, 0.1) is 0 Å². The van der Waals surface area contributed by atoms with Crippen LogP contribution in [0.3, 0.4) is 0 Å². The van der Waals surface area contributed by atoms with Gasteiger partial charge in [-0.3, -0.25) is 0 Å². The van der Waals surface area contributed by atoms with Crippen molar-refractivity contribution in [2.24, 2.45) is 5.73 Å². The molecule has 2 nitrogen and oxygen atoms in total. The summed E-state index contributed by atoms with van der Waals surface area (Å²) < 4.78 is 2.38. The Morgan fingerprint density at radius 3 is 2.90 bits per heavy atom. The summed E-state index contributed by atoms with van der Waals surface area (Å²) in [4.78, 5) is 0. The number of halogens is 1. The van der Waals surface area contributed by atoms with Crippen molar-refractivity contribution < 1.29 is 0 Å². The van der Waals surface area contributed by atoms with E-state index in [0.717, 1.165) is 13.0 Å². The zero-order chi connectivity index (χ0) is 7.40. The van der Waals surface area contributed by atoms with Gasteiger partial charge >= 0.3 is 0 Å². The number of hydrogen-bond acceptors (Lipinski definition) is 3. The van der Waals surface area contributed by atoms with Crippen molar-refractivity contribution in [3.63, 3.8) is 0 Å². The van der Waals surface area contributed by atoms with Gasteiger partial charge in [-0.2, -0.15) is 0 Å². The summed E-state index contributed by atoms with van der Waals surface area (Å²) in [7, 11) is 1.81. The Hall–Kier alpha value is 1.00. The second kappa shape index (κ2) is 4.79. The Labute approximate surface area is 78.6 Å². The van der Waals surface area contributed by atoms with Crippen LogP contribution in [0.2, 0.25) is 0 Å². The summed E-state index contributed by atoms with van der Waals surface area (Å²) in [6.07, 6.45) is 3.63. The third-order valence-electron chi connectivity index (χ3n) is 1.83. The van der Waals surface area contributed by atoms with Gasteiger partial charge in [0.1, 0.15) is 0 Å². The quantitative estimate of drug-likeness (QED) is 0.583. The molecular formula is C6H13IN2S. The lowest BCUT2D eigenvalue weighted by molar-refractivity contribution is 0.490. The zero-order valence-corrected chi connectivity index (χ0v) is 8.90. The lowest BCUT2D eigenvalue weighted by atomic mass is 10.1. The van der Waals surface area contributed by atoms with Gasteiger partial charge in [-0.1, -0.05) is 0 Å². The van der Waals surface area contributed by atoms with Crippen molar-refractivity contribution in [3.05, 3.63) is 0 Å². The summed E-state index contributed by atoms with van der Waals surface area (Å²) in [5.41, 5.74) is 5.81. The van der Waals surface area contributed by atoms with E-state index in [2.05, 4.69) is 25.5 Å². The van der Waals surface area contributed by atoms with E-state index in [1.54, 1.807) is 0 Å². The molecule has 0 bridgehead atoms. The normalized spacial score (nSPS) is 30.0. The van der Waals surface area contributed by atoms with Crippen LogP contribution in [-0.4, -0.2) is 23.4 Å². The molecule has 2 N–H and O–H groups in total. The van der Waals surface area contributed by atoms with Crippen LogP contribution in [0.25, 0.3) is 0 Å². The number of rotatable bonds is 1. The predicted molar refractivity (Wildman–Crippen MR) is 55.0 cm³/mol. The van der Waals surface area contributed by atoms with E-state index in [4.69, 9.17) is 5.73 Å². The average molecular weight is 272 g/mol. The summed E-state index contributed by atoms with van der Waals surface area (Å²) in [6.45, 7) is 2.37. The lowest BCUT2D eigenvalue weighted by Crippen LogP contribution is -2.21. The lowest BCUT2D eigenvalue weighted by Gasteiger charge is -2.13. The number of nitrogens with zero attached hydrogens (tertiary/aromatic N) is 1. The molecule has 1 aliphatic rings. The Morgan fingerprint density at radius 1 is 1.40 bits per heavy atom. The van der Waals surface area contributed by atoms with Gasteiger partial charge in [0.2, 0.25) is 0 Å². The summed E-state index contributed by atoms with van der Waals surface area (Å²) in [6, 6.07) is 0.452. The highest BCUT2D eigenvalue weighted by molar-refractivity contribution is 14.2. The van der Waals surface area contributed by atoms with Crippen molar-refractivity contribution in [1.29, 1.82) is 0 Å². The molecule has 0 spiro atoms. The van der Waals surface area contributed by atoms with E-state index in [1.165, 1.54) is 19.4 Å². The van der Waals surface area contributed by atoms with Crippen LogP contribution >= 0.6 is 30.3 Å². The van der Waals surface area contributed by atoms with Gasteiger partial charge in [-0.25, -0.2) is 4.31 Å². The zero-order valence-electron chi connectivity index (χ0n) is 5.92. The molecule has 0 amide bonds. The van der Waals surface area contributed by atoms with Gasteiger partial charge in [0, 0.05) is 40.3 Å². The topological polar surface area (TPSA) is 29.3 Å². The van der Waals surface area contributed by atoms with Gasteiger partial charge < -0.3 is 5.73 Å². The minimum atomic E-state index is 0.452. The van der Waals surface area contributed by atoms with E-state index in [0.29, 0.717) is 6.04 Å². The Bertz CT molecular complexity index is 102. The van der Waals surface area contributed by atoms with Crippen molar-refractivity contribution in [3.8, 4) is 0 Å². The van der Waals surface area contributed by atoms with Crippen LogP contribution in [0.15, 0.2) is 0 Å². The highest BCUT2D eigenvalue weighted by atomic mass is 127. The van der Waals surface area contributed by atoms with Gasteiger partial charge in [0.15, 0.2) is 0 Å². The fourth-order valence-corrected chi connectivity index (χ4v) is 2.72. The highest BCUT2D eigenvalue weighted by Crippen LogP contribution is 2.22. The molecule has 0 radical (unpaired) electrons. The Balaban J connectivity index is 2.26. The van der Waals surface area contributed by atoms with Gasteiger partial charge in [-0.05, 0) is 28.4 Å². The largest absolute Gasteiger partial charge is 0.328 e. The Morgan fingerprint density at radius 2 is 2.20 bits per heavy atom. The fraction of sp³-hybridized carbons (Fsp3) is 1.00. The molecule has 0 aromatic heterocycles. The first-order valence-corrected chi connectivity index (χ1v) is 6.94. The molecule has 60 valence electrons. The van der Waals surface area contributed by atoms with Crippen LogP contribution in [-0.2, 0) is 0 Å². The SMILES string of the molecule is N[C@@H]1CCCN(SI)CC1. The second-order valence-corrected chi connectivity index (χ2v) is 4.53. The maximum atomic E-state index is 5.81. The molecule has 1 aliphatic heterocycles. The van der Waals surface area contributed by atoms with Crippen molar-refractivity contribution >= 4 is 30.3 Å². The maximum Gasteiger partial charge on any atom is 0.0146 e. The maximum absolute atomic E-state index is 5.81. The van der Waals surface area contributed by atoms with E-state index in [1.807, 2.05) is 9.12 Å².